The van der Waals surface area contributed by atoms with Crippen molar-refractivity contribution in [3.63, 3.8) is 0 Å². The van der Waals surface area contributed by atoms with Crippen molar-refractivity contribution in [1.29, 1.82) is 0 Å². The number of hydrogen-bond donors (Lipinski definition) is 1. The Hall–Kier alpha value is -2.36. The van der Waals surface area contributed by atoms with Crippen LogP contribution >= 0.6 is 0 Å². The highest BCUT2D eigenvalue weighted by Gasteiger charge is 2.08. The molecule has 0 unspecified atom stereocenters. The Balaban J connectivity index is 2.15. The van der Waals surface area contributed by atoms with E-state index < -0.39 is 0 Å². The van der Waals surface area contributed by atoms with Crippen LogP contribution < -0.4 is 5.32 Å². The first-order valence-corrected chi connectivity index (χ1v) is 5.11. The van der Waals surface area contributed by atoms with Crippen LogP contribution in [-0.2, 0) is 0 Å². The smallest absolute Gasteiger partial charge is 0.258 e. The van der Waals surface area contributed by atoms with Gasteiger partial charge in [-0.15, -0.1) is 0 Å². The van der Waals surface area contributed by atoms with E-state index >= 15 is 0 Å². The quantitative estimate of drug-likeness (QED) is 0.823. The van der Waals surface area contributed by atoms with Gasteiger partial charge in [0, 0.05) is 11.3 Å². The summed E-state index contributed by atoms with van der Waals surface area (Å²) in [5.41, 5.74) is 1.56. The van der Waals surface area contributed by atoms with E-state index in [4.69, 9.17) is 4.42 Å². The van der Waals surface area contributed by atoms with Crippen LogP contribution in [0.1, 0.15) is 26.5 Å². The normalized spacial score (nSPS) is 9.94. The predicted octanol–water partition coefficient (Wildman–Crippen LogP) is 2.65. The summed E-state index contributed by atoms with van der Waals surface area (Å²) < 4.78 is 5.05. The zero-order chi connectivity index (χ0) is 12.3. The summed E-state index contributed by atoms with van der Waals surface area (Å²) in [6, 6.07) is 8.36. The van der Waals surface area contributed by atoms with E-state index in [0.717, 1.165) is 6.29 Å². The van der Waals surface area contributed by atoms with Gasteiger partial charge in [-0.25, -0.2) is 0 Å². The van der Waals surface area contributed by atoms with Crippen molar-refractivity contribution in [3.8, 4) is 0 Å². The minimum absolute atomic E-state index is 0.259. The lowest BCUT2D eigenvalue weighted by Gasteiger charge is -2.03. The van der Waals surface area contributed by atoms with Crippen molar-refractivity contribution in [2.45, 2.75) is 6.92 Å². The summed E-state index contributed by atoms with van der Waals surface area (Å²) in [4.78, 5) is 22.4. The van der Waals surface area contributed by atoms with Gasteiger partial charge in [-0.05, 0) is 25.1 Å². The Morgan fingerprint density at radius 3 is 2.82 bits per heavy atom. The lowest BCUT2D eigenvalue weighted by molar-refractivity contribution is 0.102. The van der Waals surface area contributed by atoms with E-state index in [1.54, 1.807) is 37.3 Å². The molecule has 1 heterocycles. The van der Waals surface area contributed by atoms with Gasteiger partial charge in [0.2, 0.25) is 0 Å². The van der Waals surface area contributed by atoms with Gasteiger partial charge in [-0.3, -0.25) is 9.59 Å². The first kappa shape index (κ1) is 11.1. The molecule has 0 bridgehead atoms. The minimum atomic E-state index is -0.259. The molecule has 2 aromatic rings. The van der Waals surface area contributed by atoms with Crippen molar-refractivity contribution in [2.75, 3.05) is 5.32 Å². The molecule has 0 aliphatic rings. The average molecular weight is 229 g/mol. The molecule has 4 nitrogen and oxygen atoms in total. The first-order valence-electron chi connectivity index (χ1n) is 5.11. The van der Waals surface area contributed by atoms with Crippen molar-refractivity contribution in [3.05, 3.63) is 53.5 Å². The molecule has 1 aromatic carbocycles. The topological polar surface area (TPSA) is 59.3 Å². The van der Waals surface area contributed by atoms with Crippen LogP contribution in [0.2, 0.25) is 0 Å². The lowest BCUT2D eigenvalue weighted by atomic mass is 10.2. The van der Waals surface area contributed by atoms with E-state index in [9.17, 15) is 9.59 Å². The Labute approximate surface area is 98.3 Å². The van der Waals surface area contributed by atoms with Crippen LogP contribution in [-0.4, -0.2) is 12.2 Å². The van der Waals surface area contributed by atoms with E-state index in [1.165, 1.54) is 6.26 Å². The second-order valence-corrected chi connectivity index (χ2v) is 3.64. The zero-order valence-electron chi connectivity index (χ0n) is 9.27. The molecule has 17 heavy (non-hydrogen) atoms. The second kappa shape index (κ2) is 4.65. The lowest BCUT2D eigenvalue weighted by Crippen LogP contribution is -2.10. The fourth-order valence-corrected chi connectivity index (χ4v) is 1.46. The number of benzene rings is 1. The number of carbonyl (C=O) groups excluding carboxylic acids is 2. The Morgan fingerprint density at radius 2 is 2.18 bits per heavy atom. The summed E-state index contributed by atoms with van der Waals surface area (Å²) in [6.45, 7) is 1.77. The van der Waals surface area contributed by atoms with Crippen LogP contribution in [0.4, 0.5) is 5.69 Å². The standard InChI is InChI=1S/C13H11NO3/c1-9-5-11(8-17-9)13(16)14-12-4-2-3-10(6-12)7-15/h2-8H,1H3,(H,14,16). The van der Waals surface area contributed by atoms with Crippen LogP contribution in [0.15, 0.2) is 41.0 Å². The Morgan fingerprint density at radius 1 is 1.35 bits per heavy atom. The molecule has 0 radical (unpaired) electrons. The van der Waals surface area contributed by atoms with Gasteiger partial charge in [0.05, 0.1) is 5.56 Å². The number of furan rings is 1. The Bertz CT molecular complexity index is 557. The third-order valence-corrected chi connectivity index (χ3v) is 2.27. The fourth-order valence-electron chi connectivity index (χ4n) is 1.46. The molecule has 0 saturated carbocycles. The zero-order valence-corrected chi connectivity index (χ0v) is 9.27. The van der Waals surface area contributed by atoms with Gasteiger partial charge in [-0.2, -0.15) is 0 Å². The third kappa shape index (κ3) is 2.60. The molecule has 1 N–H and O–H groups in total. The largest absolute Gasteiger partial charge is 0.469 e. The van der Waals surface area contributed by atoms with Crippen LogP contribution in [0.25, 0.3) is 0 Å². The first-order chi connectivity index (χ1) is 8.19. The number of aldehydes is 1. The molecule has 2 rings (SSSR count). The molecule has 0 spiro atoms. The number of nitrogens with one attached hydrogen (secondary N) is 1. The summed E-state index contributed by atoms with van der Waals surface area (Å²) >= 11 is 0. The maximum atomic E-state index is 11.8. The molecule has 1 aromatic heterocycles. The number of amides is 1. The highest BCUT2D eigenvalue weighted by Crippen LogP contribution is 2.12. The van der Waals surface area contributed by atoms with Gasteiger partial charge >= 0.3 is 0 Å². The number of rotatable bonds is 3. The number of anilines is 1. The fraction of sp³-hybridized carbons (Fsp3) is 0.0769. The van der Waals surface area contributed by atoms with Gasteiger partial charge < -0.3 is 9.73 Å². The molecule has 0 fully saturated rings. The van der Waals surface area contributed by atoms with Crippen LogP contribution in [0.5, 0.6) is 0 Å². The highest BCUT2D eigenvalue weighted by molar-refractivity contribution is 6.04. The molecule has 0 atom stereocenters. The van der Waals surface area contributed by atoms with E-state index in [1.807, 2.05) is 0 Å². The summed E-state index contributed by atoms with van der Waals surface area (Å²) in [7, 11) is 0. The predicted molar refractivity (Wildman–Crippen MR) is 63.2 cm³/mol. The molecule has 0 saturated heterocycles. The molecule has 4 heteroatoms. The monoisotopic (exact) mass is 229 g/mol. The maximum absolute atomic E-state index is 11.8. The molecule has 0 aliphatic heterocycles. The van der Waals surface area contributed by atoms with Gasteiger partial charge in [0.25, 0.3) is 5.91 Å². The van der Waals surface area contributed by atoms with Gasteiger partial charge in [0.1, 0.15) is 18.3 Å². The second-order valence-electron chi connectivity index (χ2n) is 3.64. The molecular weight excluding hydrogens is 218 g/mol. The molecule has 86 valence electrons. The average Bonchev–Trinajstić information content (AvgIpc) is 2.76. The van der Waals surface area contributed by atoms with E-state index in [2.05, 4.69) is 5.32 Å². The summed E-state index contributed by atoms with van der Waals surface area (Å²) in [5, 5.41) is 2.69. The third-order valence-electron chi connectivity index (χ3n) is 2.27. The van der Waals surface area contributed by atoms with Crippen molar-refractivity contribution in [2.24, 2.45) is 0 Å². The SMILES string of the molecule is Cc1cc(C(=O)Nc2cccc(C=O)c2)co1. The van der Waals surface area contributed by atoms with Gasteiger partial charge in [0.15, 0.2) is 0 Å². The van der Waals surface area contributed by atoms with E-state index in [0.29, 0.717) is 22.6 Å². The Kier molecular flexibility index (Phi) is 3.05. The molecule has 1 amide bonds. The van der Waals surface area contributed by atoms with Crippen molar-refractivity contribution >= 4 is 17.9 Å². The minimum Gasteiger partial charge on any atom is -0.469 e. The molecule has 0 aliphatic carbocycles. The van der Waals surface area contributed by atoms with E-state index in [-0.39, 0.29) is 5.91 Å². The number of hydrogen-bond acceptors (Lipinski definition) is 3. The highest BCUT2D eigenvalue weighted by atomic mass is 16.3. The maximum Gasteiger partial charge on any atom is 0.258 e. The van der Waals surface area contributed by atoms with Crippen LogP contribution in [0.3, 0.4) is 0 Å². The van der Waals surface area contributed by atoms with Crippen molar-refractivity contribution in [1.82, 2.24) is 0 Å². The summed E-state index contributed by atoms with van der Waals surface area (Å²) in [5.74, 6) is 0.418. The van der Waals surface area contributed by atoms with Crippen LogP contribution in [0, 0.1) is 6.92 Å². The van der Waals surface area contributed by atoms with Crippen molar-refractivity contribution < 1.29 is 14.0 Å². The molecular formula is C13H11NO3. The number of aryl methyl sites for hydroxylation is 1. The van der Waals surface area contributed by atoms with Gasteiger partial charge in [-0.1, -0.05) is 12.1 Å². The summed E-state index contributed by atoms with van der Waals surface area (Å²) in [6.07, 6.45) is 2.13. The number of carbonyl (C=O) groups is 2.